The highest BCUT2D eigenvalue weighted by Gasteiger charge is 2.40. The van der Waals surface area contributed by atoms with Gasteiger partial charge in [0.2, 0.25) is 5.91 Å². The fourth-order valence-corrected chi connectivity index (χ4v) is 2.38. The van der Waals surface area contributed by atoms with E-state index in [1.165, 1.54) is 17.2 Å². The number of aromatic nitrogens is 1. The van der Waals surface area contributed by atoms with Crippen molar-refractivity contribution >= 4 is 11.9 Å². The van der Waals surface area contributed by atoms with Gasteiger partial charge >= 0.3 is 6.03 Å². The van der Waals surface area contributed by atoms with Crippen LogP contribution in [0.4, 0.5) is 18.0 Å². The van der Waals surface area contributed by atoms with E-state index < -0.39 is 17.5 Å². The van der Waals surface area contributed by atoms with Gasteiger partial charge in [0.05, 0.1) is 12.2 Å². The normalized spacial score (nSPS) is 16.4. The summed E-state index contributed by atoms with van der Waals surface area (Å²) >= 11 is 0. The molecular weight excluding hydrogens is 335 g/mol. The Morgan fingerprint density at radius 1 is 1.04 bits per heavy atom. The number of benzene rings is 1. The van der Waals surface area contributed by atoms with Gasteiger partial charge in [-0.25, -0.2) is 18.0 Å². The number of nitrogens with zero attached hydrogens (tertiary/aromatic N) is 2. The van der Waals surface area contributed by atoms with Gasteiger partial charge in [0, 0.05) is 17.8 Å². The highest BCUT2D eigenvalue weighted by Crippen LogP contribution is 2.28. The van der Waals surface area contributed by atoms with Crippen LogP contribution in [0.1, 0.15) is 12.8 Å². The van der Waals surface area contributed by atoms with Gasteiger partial charge in [-0.05, 0) is 37.1 Å². The van der Waals surface area contributed by atoms with Gasteiger partial charge in [-0.3, -0.25) is 14.7 Å². The molecule has 8 heteroatoms. The molecule has 2 aromatic rings. The molecule has 0 spiro atoms. The van der Waals surface area contributed by atoms with Crippen molar-refractivity contribution in [1.29, 1.82) is 0 Å². The van der Waals surface area contributed by atoms with Crippen molar-refractivity contribution in [3.63, 3.8) is 0 Å². The number of halogens is 3. The highest BCUT2D eigenvalue weighted by molar-refractivity contribution is 6.02. The number of hydrogen-bond donors (Lipinski definition) is 1. The highest BCUT2D eigenvalue weighted by atomic mass is 19.2. The minimum absolute atomic E-state index is 0.0468. The van der Waals surface area contributed by atoms with E-state index >= 15 is 0 Å². The van der Waals surface area contributed by atoms with Crippen LogP contribution in [-0.2, 0) is 4.79 Å². The summed E-state index contributed by atoms with van der Waals surface area (Å²) < 4.78 is 38.8. The molecule has 0 radical (unpaired) electrons. The molecule has 2 aliphatic rings. The van der Waals surface area contributed by atoms with Gasteiger partial charge in [0.25, 0.3) is 0 Å². The van der Waals surface area contributed by atoms with E-state index in [0.29, 0.717) is 0 Å². The number of amides is 3. The molecule has 2 heterocycles. The first-order chi connectivity index (χ1) is 12.0. The molecule has 1 aliphatic heterocycles. The van der Waals surface area contributed by atoms with Crippen LogP contribution in [0.3, 0.4) is 0 Å². The first kappa shape index (κ1) is 16.9. The van der Waals surface area contributed by atoms with Crippen molar-refractivity contribution in [1.82, 2.24) is 15.2 Å². The Hall–Kier alpha value is -2.90. The molecule has 4 rings (SSSR count). The molecule has 0 bridgehead atoms. The third kappa shape index (κ3) is 3.62. The molecule has 0 atom stereocenters. The molecule has 3 amide bonds. The van der Waals surface area contributed by atoms with Crippen molar-refractivity contribution in [3.8, 4) is 11.3 Å². The standard InChI is InChI=1S/C11H6F3N.C6H8N2O2/c12-8-5-4-7(10(13)11(8)14)9-3-1-2-6-15-9;9-5-3-7-6(10)8(5)4-1-2-4/h1-6H;4H,1-3H2,(H,7,10). The smallest absolute Gasteiger partial charge is 0.324 e. The van der Waals surface area contributed by atoms with E-state index in [-0.39, 0.29) is 35.8 Å². The van der Waals surface area contributed by atoms with Crippen molar-refractivity contribution in [2.75, 3.05) is 6.54 Å². The Morgan fingerprint density at radius 3 is 2.36 bits per heavy atom. The lowest BCUT2D eigenvalue weighted by Gasteiger charge is -2.08. The lowest BCUT2D eigenvalue weighted by atomic mass is 10.1. The Kier molecular flexibility index (Phi) is 4.69. The second-order valence-corrected chi connectivity index (χ2v) is 5.59. The molecule has 1 aromatic heterocycles. The zero-order chi connectivity index (χ0) is 18.0. The Labute approximate surface area is 141 Å². The zero-order valence-electron chi connectivity index (χ0n) is 13.0. The number of hydrogen-bond acceptors (Lipinski definition) is 3. The monoisotopic (exact) mass is 349 g/mol. The van der Waals surface area contributed by atoms with Crippen LogP contribution in [0.25, 0.3) is 11.3 Å². The molecule has 1 aliphatic carbocycles. The molecular formula is C17H14F3N3O2. The van der Waals surface area contributed by atoms with Crippen LogP contribution in [-0.4, -0.2) is 34.4 Å². The minimum Gasteiger partial charge on any atom is -0.329 e. The van der Waals surface area contributed by atoms with Gasteiger partial charge in [0.1, 0.15) is 0 Å². The molecule has 1 saturated carbocycles. The largest absolute Gasteiger partial charge is 0.329 e. The molecule has 1 saturated heterocycles. The van der Waals surface area contributed by atoms with Crippen molar-refractivity contribution in [2.24, 2.45) is 0 Å². The molecule has 130 valence electrons. The van der Waals surface area contributed by atoms with Gasteiger partial charge in [-0.15, -0.1) is 0 Å². The number of carbonyl (C=O) groups is 2. The zero-order valence-corrected chi connectivity index (χ0v) is 13.0. The Bertz CT molecular complexity index is 794. The third-order valence-electron chi connectivity index (χ3n) is 3.77. The number of urea groups is 1. The summed E-state index contributed by atoms with van der Waals surface area (Å²) in [6, 6.07) is 6.86. The molecule has 0 unspecified atom stereocenters. The fourth-order valence-electron chi connectivity index (χ4n) is 2.38. The third-order valence-corrected chi connectivity index (χ3v) is 3.77. The first-order valence-corrected chi connectivity index (χ1v) is 7.64. The van der Waals surface area contributed by atoms with Crippen LogP contribution >= 0.6 is 0 Å². The van der Waals surface area contributed by atoms with Crippen molar-refractivity contribution < 1.29 is 22.8 Å². The second kappa shape index (κ2) is 6.92. The van der Waals surface area contributed by atoms with Gasteiger partial charge in [-0.1, -0.05) is 6.07 Å². The van der Waals surface area contributed by atoms with Crippen molar-refractivity contribution in [3.05, 3.63) is 54.0 Å². The second-order valence-electron chi connectivity index (χ2n) is 5.59. The fraction of sp³-hybridized carbons (Fsp3) is 0.235. The summed E-state index contributed by atoms with van der Waals surface area (Å²) in [6.45, 7) is 0.190. The number of nitrogens with one attached hydrogen (secondary N) is 1. The summed E-state index contributed by atoms with van der Waals surface area (Å²) in [5.41, 5.74) is 0.225. The summed E-state index contributed by atoms with van der Waals surface area (Å²) in [5.74, 6) is -3.97. The molecule has 25 heavy (non-hydrogen) atoms. The summed E-state index contributed by atoms with van der Waals surface area (Å²) in [4.78, 5) is 27.0. The van der Waals surface area contributed by atoms with Crippen LogP contribution in [0, 0.1) is 17.5 Å². The molecule has 1 N–H and O–H groups in total. The maximum Gasteiger partial charge on any atom is 0.324 e. The SMILES string of the molecule is Fc1ccc(-c2ccccn2)c(F)c1F.O=C1CNC(=O)N1C1CC1. The number of carbonyl (C=O) groups excluding carboxylic acids is 2. The maximum absolute atomic E-state index is 13.3. The Morgan fingerprint density at radius 2 is 1.80 bits per heavy atom. The average Bonchev–Trinajstić information content (AvgIpc) is 3.39. The minimum atomic E-state index is -1.47. The van der Waals surface area contributed by atoms with E-state index in [2.05, 4.69) is 10.3 Å². The van der Waals surface area contributed by atoms with E-state index in [1.54, 1.807) is 12.1 Å². The summed E-state index contributed by atoms with van der Waals surface area (Å²) in [5, 5.41) is 2.48. The Balaban J connectivity index is 0.000000157. The van der Waals surface area contributed by atoms with Crippen LogP contribution in [0.15, 0.2) is 36.5 Å². The average molecular weight is 349 g/mol. The van der Waals surface area contributed by atoms with Gasteiger partial charge in [0.15, 0.2) is 17.5 Å². The first-order valence-electron chi connectivity index (χ1n) is 7.64. The molecule has 2 fully saturated rings. The molecule has 1 aromatic carbocycles. The predicted molar refractivity (Wildman–Crippen MR) is 82.8 cm³/mol. The summed E-state index contributed by atoms with van der Waals surface area (Å²) in [7, 11) is 0. The van der Waals surface area contributed by atoms with Gasteiger partial charge < -0.3 is 5.32 Å². The number of imide groups is 1. The lowest BCUT2D eigenvalue weighted by molar-refractivity contribution is -0.125. The van der Waals surface area contributed by atoms with E-state index in [9.17, 15) is 22.8 Å². The van der Waals surface area contributed by atoms with Crippen LogP contribution in [0.2, 0.25) is 0 Å². The summed E-state index contributed by atoms with van der Waals surface area (Å²) in [6.07, 6.45) is 3.42. The number of pyridine rings is 1. The van der Waals surface area contributed by atoms with E-state index in [4.69, 9.17) is 0 Å². The topological polar surface area (TPSA) is 62.3 Å². The predicted octanol–water partition coefficient (Wildman–Crippen LogP) is 2.87. The molecule has 5 nitrogen and oxygen atoms in total. The maximum atomic E-state index is 13.3. The quantitative estimate of drug-likeness (QED) is 0.670. The van der Waals surface area contributed by atoms with E-state index in [1.807, 2.05) is 0 Å². The van der Waals surface area contributed by atoms with Crippen molar-refractivity contribution in [2.45, 2.75) is 18.9 Å². The van der Waals surface area contributed by atoms with Crippen LogP contribution < -0.4 is 5.32 Å². The van der Waals surface area contributed by atoms with Gasteiger partial charge in [-0.2, -0.15) is 0 Å². The number of rotatable bonds is 2. The van der Waals surface area contributed by atoms with Crippen LogP contribution in [0.5, 0.6) is 0 Å². The van der Waals surface area contributed by atoms with E-state index in [0.717, 1.165) is 25.0 Å². The lowest BCUT2D eigenvalue weighted by Crippen LogP contribution is -2.32.